The summed E-state index contributed by atoms with van der Waals surface area (Å²) >= 11 is 6.58. The van der Waals surface area contributed by atoms with Gasteiger partial charge in [0, 0.05) is 18.5 Å². The molecule has 0 aliphatic heterocycles. The summed E-state index contributed by atoms with van der Waals surface area (Å²) in [6.45, 7) is 2.59. The summed E-state index contributed by atoms with van der Waals surface area (Å²) in [7, 11) is 0. The number of aryl methyl sites for hydroxylation is 1. The Morgan fingerprint density at radius 1 is 1.05 bits per heavy atom. The molecule has 0 fully saturated rings. The van der Waals surface area contributed by atoms with Crippen LogP contribution in [0.2, 0.25) is 5.15 Å². The lowest BCUT2D eigenvalue weighted by molar-refractivity contribution is -0.146. The fourth-order valence-electron chi connectivity index (χ4n) is 4.75. The number of rotatable bonds is 12. The molecule has 2 heterocycles. The Kier molecular flexibility index (Phi) is 9.25. The second-order valence-corrected chi connectivity index (χ2v) is 10.4. The number of aromatic hydroxyl groups is 1. The summed E-state index contributed by atoms with van der Waals surface area (Å²) in [5, 5.41) is 24.3. The number of nitrogens with two attached hydrogens (primary N) is 1. The monoisotopic (exact) mass is 585 g/mol. The maximum absolute atomic E-state index is 12.7. The van der Waals surface area contributed by atoms with Crippen LogP contribution in [0.25, 0.3) is 22.5 Å². The zero-order valence-corrected chi connectivity index (χ0v) is 24.0. The highest BCUT2D eigenvalue weighted by Crippen LogP contribution is 2.30. The van der Waals surface area contributed by atoms with Crippen molar-refractivity contribution in [3.63, 3.8) is 0 Å². The Morgan fingerprint density at radius 3 is 2.45 bits per heavy atom. The van der Waals surface area contributed by atoms with Crippen LogP contribution >= 0.6 is 11.6 Å². The van der Waals surface area contributed by atoms with E-state index in [4.69, 9.17) is 22.1 Å². The van der Waals surface area contributed by atoms with Crippen molar-refractivity contribution >= 4 is 17.6 Å². The first-order chi connectivity index (χ1) is 20.4. The number of tetrazole rings is 1. The first-order valence-electron chi connectivity index (χ1n) is 13.8. The summed E-state index contributed by atoms with van der Waals surface area (Å²) in [4.78, 5) is 17.4. The molecule has 2 aromatic heterocycles. The molecular weight excluding hydrogens is 554 g/mol. The number of imidazole rings is 1. The fourth-order valence-corrected chi connectivity index (χ4v) is 5.00. The van der Waals surface area contributed by atoms with E-state index in [1.54, 1.807) is 24.3 Å². The number of ether oxygens (including phenoxy) is 1. The van der Waals surface area contributed by atoms with Crippen LogP contribution in [0.15, 0.2) is 72.8 Å². The maximum Gasteiger partial charge on any atom is 0.323 e. The molecule has 0 bridgehead atoms. The second kappa shape index (κ2) is 13.4. The van der Waals surface area contributed by atoms with Crippen molar-refractivity contribution in [2.45, 2.75) is 51.8 Å². The quantitative estimate of drug-likeness (QED) is 0.172. The lowest BCUT2D eigenvalue weighted by Crippen LogP contribution is -2.34. The Morgan fingerprint density at radius 2 is 1.76 bits per heavy atom. The fraction of sp³-hybridized carbons (Fsp3) is 0.258. The van der Waals surface area contributed by atoms with Gasteiger partial charge in [-0.3, -0.25) is 4.79 Å². The number of benzene rings is 3. The SMILES string of the molecule is CCCCc1nc(Cl)c(COC(=O)C(N)Cc2ccc(O)cc2)n1Cc1ccc(-c2ccccc2-c2nn[nH]n2)cc1. The molecule has 1 atom stereocenters. The summed E-state index contributed by atoms with van der Waals surface area (Å²) < 4.78 is 7.64. The number of carbonyl (C=O) groups excluding carboxylic acids is 1. The molecule has 0 saturated heterocycles. The van der Waals surface area contributed by atoms with E-state index in [1.165, 1.54) is 0 Å². The van der Waals surface area contributed by atoms with Gasteiger partial charge in [-0.05, 0) is 52.4 Å². The maximum atomic E-state index is 12.7. The lowest BCUT2D eigenvalue weighted by atomic mass is 9.98. The molecule has 0 amide bonds. The number of phenols is 1. The minimum Gasteiger partial charge on any atom is -0.508 e. The molecule has 11 heteroatoms. The average Bonchev–Trinajstić information content (AvgIpc) is 3.64. The molecule has 0 aliphatic rings. The van der Waals surface area contributed by atoms with Crippen molar-refractivity contribution in [1.29, 1.82) is 0 Å². The van der Waals surface area contributed by atoms with Crippen LogP contribution < -0.4 is 5.73 Å². The molecular formula is C31H32ClN7O3. The number of aromatic amines is 1. The van der Waals surface area contributed by atoms with Crippen LogP contribution in [0.1, 0.15) is 42.4 Å². The minimum atomic E-state index is -0.855. The van der Waals surface area contributed by atoms with Crippen molar-refractivity contribution in [3.05, 3.63) is 101 Å². The van der Waals surface area contributed by atoms with Crippen LogP contribution in [-0.2, 0) is 35.5 Å². The highest BCUT2D eigenvalue weighted by Gasteiger charge is 2.21. The van der Waals surface area contributed by atoms with E-state index in [0.29, 0.717) is 23.2 Å². The molecule has 4 N–H and O–H groups in total. The number of nitrogens with one attached hydrogen (secondary N) is 1. The number of nitrogens with zero attached hydrogens (tertiary/aromatic N) is 5. The van der Waals surface area contributed by atoms with E-state index in [1.807, 2.05) is 28.8 Å². The zero-order chi connectivity index (χ0) is 29.5. The number of aromatic nitrogens is 6. The van der Waals surface area contributed by atoms with E-state index in [9.17, 15) is 9.90 Å². The third-order valence-corrected chi connectivity index (χ3v) is 7.32. The van der Waals surface area contributed by atoms with Gasteiger partial charge in [0.1, 0.15) is 24.2 Å². The van der Waals surface area contributed by atoms with E-state index < -0.39 is 12.0 Å². The van der Waals surface area contributed by atoms with E-state index in [2.05, 4.69) is 56.8 Å². The van der Waals surface area contributed by atoms with Crippen molar-refractivity contribution in [3.8, 4) is 28.3 Å². The summed E-state index contributed by atoms with van der Waals surface area (Å²) in [5.41, 5.74) is 11.5. The summed E-state index contributed by atoms with van der Waals surface area (Å²) in [5.74, 6) is 0.990. The molecule has 5 aromatic rings. The minimum absolute atomic E-state index is 0.0454. The molecule has 216 valence electrons. The van der Waals surface area contributed by atoms with Crippen molar-refractivity contribution in [2.75, 3.05) is 0 Å². The number of esters is 1. The topological polar surface area (TPSA) is 145 Å². The number of H-pyrrole nitrogens is 1. The van der Waals surface area contributed by atoms with Gasteiger partial charge in [-0.15, -0.1) is 10.2 Å². The van der Waals surface area contributed by atoms with Gasteiger partial charge in [0.05, 0.1) is 5.69 Å². The van der Waals surface area contributed by atoms with E-state index in [-0.39, 0.29) is 18.8 Å². The van der Waals surface area contributed by atoms with Crippen LogP contribution in [0.4, 0.5) is 0 Å². The third kappa shape index (κ3) is 6.84. The van der Waals surface area contributed by atoms with E-state index in [0.717, 1.165) is 52.9 Å². The Balaban J connectivity index is 1.33. The van der Waals surface area contributed by atoms with Crippen LogP contribution in [0.5, 0.6) is 5.75 Å². The number of hydrogen-bond acceptors (Lipinski definition) is 8. The molecule has 0 saturated carbocycles. The Bertz CT molecular complexity index is 1620. The smallest absolute Gasteiger partial charge is 0.323 e. The number of hydrogen-bond donors (Lipinski definition) is 3. The predicted molar refractivity (Wildman–Crippen MR) is 160 cm³/mol. The summed E-state index contributed by atoms with van der Waals surface area (Å²) in [6.07, 6.45) is 3.00. The highest BCUT2D eigenvalue weighted by molar-refractivity contribution is 6.30. The molecule has 1 unspecified atom stereocenters. The largest absolute Gasteiger partial charge is 0.508 e. The van der Waals surface area contributed by atoms with Crippen LogP contribution in [-0.4, -0.2) is 47.3 Å². The Hall–Kier alpha value is -4.54. The zero-order valence-electron chi connectivity index (χ0n) is 23.2. The van der Waals surface area contributed by atoms with Gasteiger partial charge < -0.3 is 20.1 Å². The standard InChI is InChI=1S/C31H32ClN7O3/c1-2-3-8-28-34-29(32)27(19-42-31(41)26(33)17-20-11-15-23(40)16-12-20)39(28)18-21-9-13-22(14-10-21)24-6-4-5-7-25(24)30-35-37-38-36-30/h4-7,9-16,26,40H,2-3,8,17-19,33H2,1H3,(H,35,36,37,38). The number of carbonyl (C=O) groups is 1. The normalized spacial score (nSPS) is 11.9. The molecule has 0 spiro atoms. The number of phenolic OH excluding ortho intramolecular Hbond substituents is 1. The molecule has 3 aromatic carbocycles. The lowest BCUT2D eigenvalue weighted by Gasteiger charge is -2.15. The average molecular weight is 586 g/mol. The van der Waals surface area contributed by atoms with Crippen molar-refractivity contribution < 1.29 is 14.6 Å². The van der Waals surface area contributed by atoms with Gasteiger partial charge >= 0.3 is 5.97 Å². The van der Waals surface area contributed by atoms with Gasteiger partial charge in [-0.1, -0.05) is 85.6 Å². The van der Waals surface area contributed by atoms with Gasteiger partial charge in [0.25, 0.3) is 0 Å². The van der Waals surface area contributed by atoms with Crippen LogP contribution in [0.3, 0.4) is 0 Å². The molecule has 5 rings (SSSR count). The first-order valence-corrected chi connectivity index (χ1v) is 14.2. The van der Waals surface area contributed by atoms with Gasteiger partial charge in [-0.25, -0.2) is 4.98 Å². The molecule has 0 aliphatic carbocycles. The highest BCUT2D eigenvalue weighted by atomic mass is 35.5. The second-order valence-electron chi connectivity index (χ2n) is 10.0. The summed E-state index contributed by atoms with van der Waals surface area (Å²) in [6, 6.07) is 21.9. The molecule has 42 heavy (non-hydrogen) atoms. The molecule has 0 radical (unpaired) electrons. The van der Waals surface area contributed by atoms with Gasteiger partial charge in [0.2, 0.25) is 5.82 Å². The van der Waals surface area contributed by atoms with Crippen molar-refractivity contribution in [2.24, 2.45) is 5.73 Å². The van der Waals surface area contributed by atoms with Gasteiger partial charge in [0.15, 0.2) is 5.15 Å². The first kappa shape index (κ1) is 29.0. The third-order valence-electron chi connectivity index (χ3n) is 7.02. The van der Waals surface area contributed by atoms with Crippen molar-refractivity contribution in [1.82, 2.24) is 30.2 Å². The number of unbranched alkanes of at least 4 members (excludes halogenated alkanes) is 1. The number of halogens is 1. The predicted octanol–water partition coefficient (Wildman–Crippen LogP) is 5.09. The molecule has 10 nitrogen and oxygen atoms in total. The Labute approximate surface area is 248 Å². The van der Waals surface area contributed by atoms with Crippen LogP contribution in [0, 0.1) is 0 Å². The van der Waals surface area contributed by atoms with Gasteiger partial charge in [-0.2, -0.15) is 5.21 Å². The van der Waals surface area contributed by atoms with E-state index >= 15 is 0 Å².